The van der Waals surface area contributed by atoms with Crippen molar-refractivity contribution in [2.75, 3.05) is 0 Å². The summed E-state index contributed by atoms with van der Waals surface area (Å²) in [5.74, 6) is -0.500. The van der Waals surface area contributed by atoms with E-state index < -0.39 is 11.6 Å². The predicted molar refractivity (Wildman–Crippen MR) is 125 cm³/mol. The fourth-order valence-corrected chi connectivity index (χ4v) is 3.62. The number of carbonyl (C=O) groups is 2. The molecule has 0 spiro atoms. The monoisotopic (exact) mass is 488 g/mol. The molecule has 8 heteroatoms. The van der Waals surface area contributed by atoms with Gasteiger partial charge in [0.1, 0.15) is 6.04 Å². The number of amides is 2. The van der Waals surface area contributed by atoms with Gasteiger partial charge in [-0.3, -0.25) is 9.59 Å². The number of carbonyl (C=O) groups excluding carboxylic acids is 2. The second-order valence-electron chi connectivity index (χ2n) is 8.10. The van der Waals surface area contributed by atoms with E-state index in [2.05, 4.69) is 5.32 Å². The summed E-state index contributed by atoms with van der Waals surface area (Å²) in [6.45, 7) is 7.54. The molecule has 30 heavy (non-hydrogen) atoms. The lowest BCUT2D eigenvalue weighted by Gasteiger charge is -2.31. The van der Waals surface area contributed by atoms with E-state index in [-0.39, 0.29) is 24.8 Å². The Balaban J connectivity index is 2.32. The molecule has 0 unspecified atom stereocenters. The third-order valence-electron chi connectivity index (χ3n) is 4.36. The summed E-state index contributed by atoms with van der Waals surface area (Å²) < 4.78 is 0. The zero-order valence-electron chi connectivity index (χ0n) is 17.2. The van der Waals surface area contributed by atoms with E-state index in [0.717, 1.165) is 5.56 Å². The van der Waals surface area contributed by atoms with Crippen molar-refractivity contribution >= 4 is 58.2 Å². The van der Waals surface area contributed by atoms with Crippen LogP contribution in [0.15, 0.2) is 36.4 Å². The van der Waals surface area contributed by atoms with Gasteiger partial charge >= 0.3 is 0 Å². The molecule has 0 aliphatic rings. The zero-order valence-corrected chi connectivity index (χ0v) is 20.3. The molecule has 0 aliphatic heterocycles. The van der Waals surface area contributed by atoms with E-state index in [1.54, 1.807) is 43.3 Å². The zero-order chi connectivity index (χ0) is 22.6. The summed E-state index contributed by atoms with van der Waals surface area (Å²) in [6.07, 6.45) is 0.0322. The van der Waals surface area contributed by atoms with Crippen LogP contribution in [0.4, 0.5) is 0 Å². The summed E-state index contributed by atoms with van der Waals surface area (Å²) in [4.78, 5) is 27.5. The summed E-state index contributed by atoms with van der Waals surface area (Å²) in [6, 6.07) is 9.39. The molecule has 0 fully saturated rings. The maximum absolute atomic E-state index is 13.2. The minimum Gasteiger partial charge on any atom is -0.350 e. The van der Waals surface area contributed by atoms with Crippen molar-refractivity contribution in [2.45, 2.75) is 52.2 Å². The van der Waals surface area contributed by atoms with Gasteiger partial charge in [-0.2, -0.15) is 0 Å². The largest absolute Gasteiger partial charge is 0.350 e. The Labute approximate surface area is 197 Å². The van der Waals surface area contributed by atoms with Crippen molar-refractivity contribution in [3.63, 3.8) is 0 Å². The molecule has 0 bridgehead atoms. The van der Waals surface area contributed by atoms with Gasteiger partial charge < -0.3 is 10.2 Å². The molecule has 2 aromatic carbocycles. The highest BCUT2D eigenvalue weighted by molar-refractivity contribution is 6.42. The summed E-state index contributed by atoms with van der Waals surface area (Å²) in [5, 5.41) is 4.61. The maximum atomic E-state index is 13.2. The number of hydrogen-bond donors (Lipinski definition) is 1. The number of nitrogens with one attached hydrogen (secondary N) is 1. The molecule has 1 N–H and O–H groups in total. The Morgan fingerprint density at radius 2 is 1.63 bits per heavy atom. The van der Waals surface area contributed by atoms with E-state index in [0.29, 0.717) is 25.7 Å². The molecule has 0 heterocycles. The van der Waals surface area contributed by atoms with Crippen LogP contribution in [-0.4, -0.2) is 28.3 Å². The Kier molecular flexibility index (Phi) is 8.46. The van der Waals surface area contributed by atoms with Crippen LogP contribution < -0.4 is 5.32 Å². The van der Waals surface area contributed by atoms with Gasteiger partial charge in [-0.1, -0.05) is 58.5 Å². The number of benzene rings is 2. The van der Waals surface area contributed by atoms with Crippen LogP contribution >= 0.6 is 46.4 Å². The van der Waals surface area contributed by atoms with Crippen LogP contribution in [-0.2, 0) is 22.6 Å². The van der Waals surface area contributed by atoms with Gasteiger partial charge in [0.25, 0.3) is 0 Å². The van der Waals surface area contributed by atoms with Gasteiger partial charge in [-0.25, -0.2) is 0 Å². The molecule has 0 saturated carbocycles. The Morgan fingerprint density at radius 3 is 2.20 bits per heavy atom. The molecule has 0 radical (unpaired) electrons. The fourth-order valence-electron chi connectivity index (χ4n) is 2.82. The van der Waals surface area contributed by atoms with Crippen molar-refractivity contribution in [3.8, 4) is 0 Å². The van der Waals surface area contributed by atoms with Crippen LogP contribution in [0.3, 0.4) is 0 Å². The van der Waals surface area contributed by atoms with Gasteiger partial charge in [-0.15, -0.1) is 0 Å². The molecular formula is C22H24Cl4N2O2. The number of rotatable bonds is 6. The lowest BCUT2D eigenvalue weighted by atomic mass is 10.1. The van der Waals surface area contributed by atoms with Crippen molar-refractivity contribution in [1.29, 1.82) is 0 Å². The lowest BCUT2D eigenvalue weighted by molar-refractivity contribution is -0.140. The molecule has 0 aliphatic carbocycles. The SMILES string of the molecule is C[C@@H](C(=O)NC(C)(C)C)N(Cc1ccc(Cl)c(Cl)c1)C(=O)Cc1ccc(Cl)cc1Cl. The van der Waals surface area contributed by atoms with Gasteiger partial charge in [0.2, 0.25) is 11.8 Å². The minimum absolute atomic E-state index is 0.0322. The first kappa shape index (κ1) is 24.8. The number of nitrogens with zero attached hydrogens (tertiary/aromatic N) is 1. The van der Waals surface area contributed by atoms with Crippen LogP contribution in [0, 0.1) is 0 Å². The standard InChI is InChI=1S/C22H24Cl4N2O2/c1-13(21(30)27-22(2,3)4)28(12-14-5-8-17(24)19(26)9-14)20(29)10-15-6-7-16(23)11-18(15)25/h5-9,11,13H,10,12H2,1-4H3,(H,27,30)/t13-/m0/s1. The minimum atomic E-state index is -0.711. The number of hydrogen-bond acceptors (Lipinski definition) is 2. The predicted octanol–water partition coefficient (Wildman–Crippen LogP) is 6.17. The van der Waals surface area contributed by atoms with Gasteiger partial charge in [0.05, 0.1) is 16.5 Å². The molecule has 0 aromatic heterocycles. The normalized spacial score (nSPS) is 12.4. The highest BCUT2D eigenvalue weighted by atomic mass is 35.5. The third-order valence-corrected chi connectivity index (χ3v) is 5.69. The van der Waals surface area contributed by atoms with Crippen molar-refractivity contribution < 1.29 is 9.59 Å². The molecule has 0 saturated heterocycles. The maximum Gasteiger partial charge on any atom is 0.242 e. The van der Waals surface area contributed by atoms with E-state index in [1.165, 1.54) is 4.90 Å². The van der Waals surface area contributed by atoms with Crippen LogP contribution in [0.1, 0.15) is 38.8 Å². The van der Waals surface area contributed by atoms with Crippen molar-refractivity contribution in [2.24, 2.45) is 0 Å². The fraction of sp³-hybridized carbons (Fsp3) is 0.364. The van der Waals surface area contributed by atoms with Gasteiger partial charge in [-0.05, 0) is 63.1 Å². The molecule has 2 aromatic rings. The van der Waals surface area contributed by atoms with Gasteiger partial charge in [0, 0.05) is 22.1 Å². The molecule has 4 nitrogen and oxygen atoms in total. The van der Waals surface area contributed by atoms with Crippen LogP contribution in [0.2, 0.25) is 20.1 Å². The Hall–Kier alpha value is -1.46. The van der Waals surface area contributed by atoms with E-state index in [9.17, 15) is 9.59 Å². The molecule has 2 rings (SSSR count). The van der Waals surface area contributed by atoms with E-state index >= 15 is 0 Å². The third kappa shape index (κ3) is 7.05. The number of halogens is 4. The summed E-state index contributed by atoms with van der Waals surface area (Å²) >= 11 is 24.3. The summed E-state index contributed by atoms with van der Waals surface area (Å²) in [5.41, 5.74) is 0.965. The van der Waals surface area contributed by atoms with Gasteiger partial charge in [0.15, 0.2) is 0 Å². The average molecular weight is 490 g/mol. The highest BCUT2D eigenvalue weighted by Crippen LogP contribution is 2.25. The topological polar surface area (TPSA) is 49.4 Å². The van der Waals surface area contributed by atoms with Crippen molar-refractivity contribution in [3.05, 3.63) is 67.6 Å². The Bertz CT molecular complexity index is 941. The Morgan fingerprint density at radius 1 is 0.967 bits per heavy atom. The lowest BCUT2D eigenvalue weighted by Crippen LogP contribution is -2.52. The van der Waals surface area contributed by atoms with E-state index in [4.69, 9.17) is 46.4 Å². The van der Waals surface area contributed by atoms with Crippen LogP contribution in [0.5, 0.6) is 0 Å². The quantitative estimate of drug-likeness (QED) is 0.527. The van der Waals surface area contributed by atoms with Crippen LogP contribution in [0.25, 0.3) is 0 Å². The molecule has 1 atom stereocenters. The first-order chi connectivity index (χ1) is 13.9. The highest BCUT2D eigenvalue weighted by Gasteiger charge is 2.28. The summed E-state index contributed by atoms with van der Waals surface area (Å²) in [7, 11) is 0. The molecule has 2 amide bonds. The smallest absolute Gasteiger partial charge is 0.242 e. The van der Waals surface area contributed by atoms with Crippen molar-refractivity contribution in [1.82, 2.24) is 10.2 Å². The molecule has 162 valence electrons. The second-order valence-corrected chi connectivity index (χ2v) is 9.76. The second kappa shape index (κ2) is 10.2. The average Bonchev–Trinajstić information content (AvgIpc) is 2.62. The first-order valence-corrected chi connectivity index (χ1v) is 10.9. The first-order valence-electron chi connectivity index (χ1n) is 9.36. The molecular weight excluding hydrogens is 466 g/mol. The van der Waals surface area contributed by atoms with E-state index in [1.807, 2.05) is 20.8 Å².